The SMILES string of the molecule is O=C(CCSc1ccccc1F)N1CCC(C(=O)N2CCOCC2)CC1. The van der Waals surface area contributed by atoms with Gasteiger partial charge in [-0.1, -0.05) is 12.1 Å². The van der Waals surface area contributed by atoms with Gasteiger partial charge in [-0.25, -0.2) is 4.39 Å². The molecule has 2 heterocycles. The summed E-state index contributed by atoms with van der Waals surface area (Å²) in [6, 6.07) is 6.62. The fourth-order valence-electron chi connectivity index (χ4n) is 3.39. The molecular weight excluding hydrogens is 355 g/mol. The van der Waals surface area contributed by atoms with E-state index in [9.17, 15) is 14.0 Å². The zero-order chi connectivity index (χ0) is 18.4. The van der Waals surface area contributed by atoms with Crippen LogP contribution in [0.4, 0.5) is 4.39 Å². The highest BCUT2D eigenvalue weighted by molar-refractivity contribution is 7.99. The summed E-state index contributed by atoms with van der Waals surface area (Å²) < 4.78 is 18.9. The van der Waals surface area contributed by atoms with E-state index in [1.165, 1.54) is 17.8 Å². The Hall–Kier alpha value is -1.60. The van der Waals surface area contributed by atoms with Gasteiger partial charge in [0, 0.05) is 49.2 Å². The highest BCUT2D eigenvalue weighted by atomic mass is 32.2. The molecular formula is C19H25FN2O3S. The quantitative estimate of drug-likeness (QED) is 0.736. The second-order valence-corrected chi connectivity index (χ2v) is 7.76. The first-order chi connectivity index (χ1) is 12.6. The van der Waals surface area contributed by atoms with Crippen molar-refractivity contribution >= 4 is 23.6 Å². The second-order valence-electron chi connectivity index (χ2n) is 6.62. The average Bonchev–Trinajstić information content (AvgIpc) is 2.69. The Morgan fingerprint density at radius 1 is 1.08 bits per heavy atom. The van der Waals surface area contributed by atoms with Gasteiger partial charge in [-0.3, -0.25) is 9.59 Å². The van der Waals surface area contributed by atoms with Crippen molar-refractivity contribution in [3.8, 4) is 0 Å². The smallest absolute Gasteiger partial charge is 0.225 e. The molecule has 26 heavy (non-hydrogen) atoms. The summed E-state index contributed by atoms with van der Waals surface area (Å²) in [6.07, 6.45) is 1.84. The van der Waals surface area contributed by atoms with E-state index in [1.54, 1.807) is 18.2 Å². The third kappa shape index (κ3) is 4.98. The van der Waals surface area contributed by atoms with Crippen molar-refractivity contribution in [3.63, 3.8) is 0 Å². The van der Waals surface area contributed by atoms with Gasteiger partial charge in [-0.2, -0.15) is 0 Å². The lowest BCUT2D eigenvalue weighted by Crippen LogP contribution is -2.47. The summed E-state index contributed by atoms with van der Waals surface area (Å²) >= 11 is 1.37. The van der Waals surface area contributed by atoms with Crippen molar-refractivity contribution in [3.05, 3.63) is 30.1 Å². The first kappa shape index (κ1) is 19.2. The van der Waals surface area contributed by atoms with E-state index < -0.39 is 0 Å². The number of thioether (sulfide) groups is 1. The van der Waals surface area contributed by atoms with Crippen molar-refractivity contribution < 1.29 is 18.7 Å². The van der Waals surface area contributed by atoms with Gasteiger partial charge < -0.3 is 14.5 Å². The van der Waals surface area contributed by atoms with Crippen molar-refractivity contribution in [1.82, 2.24) is 9.80 Å². The number of ether oxygens (including phenoxy) is 1. The normalized spacial score (nSPS) is 18.8. The maximum atomic E-state index is 13.6. The van der Waals surface area contributed by atoms with E-state index in [0.29, 0.717) is 56.5 Å². The fraction of sp³-hybridized carbons (Fsp3) is 0.579. The second kappa shape index (κ2) is 9.37. The standard InChI is InChI=1S/C19H25FN2O3S/c20-16-3-1-2-4-17(16)26-14-7-18(23)21-8-5-15(6-9-21)19(24)22-10-12-25-13-11-22/h1-4,15H,5-14H2. The summed E-state index contributed by atoms with van der Waals surface area (Å²) in [5.74, 6) is 0.630. The van der Waals surface area contributed by atoms with E-state index in [2.05, 4.69) is 0 Å². The van der Waals surface area contributed by atoms with Crippen LogP contribution in [-0.2, 0) is 14.3 Å². The van der Waals surface area contributed by atoms with Gasteiger partial charge in [0.25, 0.3) is 0 Å². The van der Waals surface area contributed by atoms with Crippen LogP contribution in [0.3, 0.4) is 0 Å². The average molecular weight is 380 g/mol. The molecule has 2 saturated heterocycles. The Morgan fingerprint density at radius 2 is 1.77 bits per heavy atom. The maximum Gasteiger partial charge on any atom is 0.225 e. The highest BCUT2D eigenvalue weighted by Gasteiger charge is 2.30. The zero-order valence-corrected chi connectivity index (χ0v) is 15.7. The van der Waals surface area contributed by atoms with E-state index >= 15 is 0 Å². The van der Waals surface area contributed by atoms with Crippen LogP contribution in [0.2, 0.25) is 0 Å². The molecule has 0 saturated carbocycles. The fourth-order valence-corrected chi connectivity index (χ4v) is 4.26. The predicted octanol–water partition coefficient (Wildman–Crippen LogP) is 2.41. The number of morpholine rings is 1. The molecule has 0 N–H and O–H groups in total. The molecule has 1 aromatic carbocycles. The molecule has 2 fully saturated rings. The molecule has 0 aliphatic carbocycles. The minimum absolute atomic E-state index is 0.0185. The van der Waals surface area contributed by atoms with Crippen LogP contribution in [0.15, 0.2) is 29.2 Å². The van der Waals surface area contributed by atoms with Gasteiger partial charge in [-0.05, 0) is 25.0 Å². The number of hydrogen-bond acceptors (Lipinski definition) is 4. The Morgan fingerprint density at radius 3 is 2.46 bits per heavy atom. The van der Waals surface area contributed by atoms with Gasteiger partial charge in [-0.15, -0.1) is 11.8 Å². The summed E-state index contributed by atoms with van der Waals surface area (Å²) in [4.78, 5) is 29.2. The molecule has 0 radical (unpaired) electrons. The molecule has 2 amide bonds. The lowest BCUT2D eigenvalue weighted by molar-refractivity contribution is -0.143. The third-order valence-corrected chi connectivity index (χ3v) is 5.98. The third-order valence-electron chi connectivity index (χ3n) is 4.93. The van der Waals surface area contributed by atoms with Crippen molar-refractivity contribution in [2.45, 2.75) is 24.2 Å². The number of nitrogens with zero attached hydrogens (tertiary/aromatic N) is 2. The number of rotatable bonds is 5. The first-order valence-electron chi connectivity index (χ1n) is 9.17. The topological polar surface area (TPSA) is 49.9 Å². The first-order valence-corrected chi connectivity index (χ1v) is 10.2. The summed E-state index contributed by atoms with van der Waals surface area (Å²) in [7, 11) is 0. The van der Waals surface area contributed by atoms with Crippen LogP contribution in [-0.4, -0.2) is 66.8 Å². The zero-order valence-electron chi connectivity index (χ0n) is 14.9. The number of halogens is 1. The molecule has 2 aliphatic rings. The molecule has 0 atom stereocenters. The van der Waals surface area contributed by atoms with Crippen LogP contribution >= 0.6 is 11.8 Å². The van der Waals surface area contributed by atoms with Gasteiger partial charge in [0.05, 0.1) is 13.2 Å². The van der Waals surface area contributed by atoms with Gasteiger partial charge in [0.1, 0.15) is 5.82 Å². The summed E-state index contributed by atoms with van der Waals surface area (Å²) in [5.41, 5.74) is 0. The molecule has 2 aliphatic heterocycles. The predicted molar refractivity (Wildman–Crippen MR) is 98.4 cm³/mol. The lowest BCUT2D eigenvalue weighted by atomic mass is 9.95. The lowest BCUT2D eigenvalue weighted by Gasteiger charge is -2.35. The minimum Gasteiger partial charge on any atom is -0.378 e. The number of likely N-dealkylation sites (tertiary alicyclic amines) is 1. The van der Waals surface area contributed by atoms with Gasteiger partial charge in [0.2, 0.25) is 11.8 Å². The Balaban J connectivity index is 1.39. The molecule has 3 rings (SSSR count). The van der Waals surface area contributed by atoms with Gasteiger partial charge in [0.15, 0.2) is 0 Å². The number of benzene rings is 1. The number of carbonyl (C=O) groups is 2. The van der Waals surface area contributed by atoms with Crippen LogP contribution in [0.5, 0.6) is 0 Å². The molecule has 0 spiro atoms. The summed E-state index contributed by atoms with van der Waals surface area (Å²) in [6.45, 7) is 3.83. The van der Waals surface area contributed by atoms with Gasteiger partial charge >= 0.3 is 0 Å². The van der Waals surface area contributed by atoms with E-state index in [0.717, 1.165) is 12.8 Å². The maximum absolute atomic E-state index is 13.6. The van der Waals surface area contributed by atoms with Crippen LogP contribution < -0.4 is 0 Å². The molecule has 1 aromatic rings. The Labute approximate surface area is 157 Å². The molecule has 0 unspecified atom stereocenters. The van der Waals surface area contributed by atoms with Crippen molar-refractivity contribution in [2.75, 3.05) is 45.1 Å². The Bertz CT molecular complexity index is 629. The van der Waals surface area contributed by atoms with Crippen LogP contribution in [0.1, 0.15) is 19.3 Å². The number of carbonyl (C=O) groups excluding carboxylic acids is 2. The van der Waals surface area contributed by atoms with E-state index in [4.69, 9.17) is 4.74 Å². The Kier molecular flexibility index (Phi) is 6.91. The molecule has 0 aromatic heterocycles. The number of hydrogen-bond donors (Lipinski definition) is 0. The van der Waals surface area contributed by atoms with E-state index in [1.807, 2.05) is 9.80 Å². The summed E-state index contributed by atoms with van der Waals surface area (Å²) in [5, 5.41) is 0. The molecule has 0 bridgehead atoms. The minimum atomic E-state index is -0.243. The van der Waals surface area contributed by atoms with Crippen molar-refractivity contribution in [1.29, 1.82) is 0 Å². The van der Waals surface area contributed by atoms with Crippen LogP contribution in [0.25, 0.3) is 0 Å². The highest BCUT2D eigenvalue weighted by Crippen LogP contribution is 2.24. The molecule has 5 nitrogen and oxygen atoms in total. The molecule has 142 valence electrons. The largest absolute Gasteiger partial charge is 0.378 e. The van der Waals surface area contributed by atoms with E-state index in [-0.39, 0.29) is 23.5 Å². The monoisotopic (exact) mass is 380 g/mol. The number of piperidine rings is 1. The number of amides is 2. The van der Waals surface area contributed by atoms with Crippen LogP contribution in [0, 0.1) is 11.7 Å². The van der Waals surface area contributed by atoms with Crippen molar-refractivity contribution in [2.24, 2.45) is 5.92 Å². The molecule has 7 heteroatoms.